The van der Waals surface area contributed by atoms with Crippen LogP contribution in [-0.4, -0.2) is 41.7 Å². The van der Waals surface area contributed by atoms with Gasteiger partial charge in [-0.25, -0.2) is 0 Å². The molecule has 1 atom stereocenters. The molecule has 0 rings (SSSR count). The van der Waals surface area contributed by atoms with Crippen LogP contribution < -0.4 is 5.73 Å². The van der Waals surface area contributed by atoms with E-state index in [-0.39, 0.29) is 0 Å². The molecule has 0 saturated heterocycles. The van der Waals surface area contributed by atoms with Crippen molar-refractivity contribution in [1.29, 1.82) is 0 Å². The molecule has 0 fully saturated rings. The summed E-state index contributed by atoms with van der Waals surface area (Å²) in [7, 11) is 2.09. The van der Waals surface area contributed by atoms with E-state index in [4.69, 9.17) is 10.8 Å². The number of carbonyl (C=O) groups is 1. The topological polar surface area (TPSA) is 66.6 Å². The van der Waals surface area contributed by atoms with Crippen molar-refractivity contribution >= 4 is 5.97 Å². The molecule has 0 radical (unpaired) electrons. The standard InChI is InChI=1S/C11H24N2O2/c1-4-8-13(3)9-6-5-7-11(2,12)10(14)15/h4-9,12H2,1-3H3,(H,14,15). The van der Waals surface area contributed by atoms with Gasteiger partial charge in [0.25, 0.3) is 0 Å². The van der Waals surface area contributed by atoms with Crippen molar-refractivity contribution in [3.8, 4) is 0 Å². The average molecular weight is 216 g/mol. The van der Waals surface area contributed by atoms with E-state index in [1.165, 1.54) is 0 Å². The molecule has 0 amide bonds. The summed E-state index contributed by atoms with van der Waals surface area (Å²) in [6.45, 7) is 5.84. The molecule has 0 saturated carbocycles. The molecule has 4 nitrogen and oxygen atoms in total. The van der Waals surface area contributed by atoms with E-state index in [1.54, 1.807) is 6.92 Å². The molecule has 1 unspecified atom stereocenters. The van der Waals surface area contributed by atoms with Gasteiger partial charge < -0.3 is 15.7 Å². The molecule has 90 valence electrons. The monoisotopic (exact) mass is 216 g/mol. The Balaban J connectivity index is 3.58. The van der Waals surface area contributed by atoms with Crippen molar-refractivity contribution in [3.63, 3.8) is 0 Å². The highest BCUT2D eigenvalue weighted by atomic mass is 16.4. The Morgan fingerprint density at radius 3 is 2.47 bits per heavy atom. The predicted molar refractivity (Wildman–Crippen MR) is 61.9 cm³/mol. The Morgan fingerprint density at radius 2 is 2.00 bits per heavy atom. The molecule has 0 aliphatic rings. The van der Waals surface area contributed by atoms with Gasteiger partial charge in [-0.1, -0.05) is 6.92 Å². The maximum atomic E-state index is 10.7. The summed E-state index contributed by atoms with van der Waals surface area (Å²) in [5.74, 6) is -0.913. The number of rotatable bonds is 8. The molecule has 0 heterocycles. The molecule has 0 spiro atoms. The third-order valence-electron chi connectivity index (χ3n) is 2.58. The van der Waals surface area contributed by atoms with Crippen LogP contribution in [0.15, 0.2) is 0 Å². The van der Waals surface area contributed by atoms with E-state index < -0.39 is 11.5 Å². The van der Waals surface area contributed by atoms with Crippen molar-refractivity contribution in [1.82, 2.24) is 4.90 Å². The van der Waals surface area contributed by atoms with Gasteiger partial charge in [-0.05, 0) is 52.7 Å². The summed E-state index contributed by atoms with van der Waals surface area (Å²) in [5, 5.41) is 8.80. The molecule has 0 aromatic heterocycles. The SMILES string of the molecule is CCCN(C)CCCCC(C)(N)C(=O)O. The lowest BCUT2D eigenvalue weighted by molar-refractivity contribution is -0.142. The molecule has 15 heavy (non-hydrogen) atoms. The molecule has 0 aromatic carbocycles. The van der Waals surface area contributed by atoms with Gasteiger partial charge in [0, 0.05) is 0 Å². The Labute approximate surface area is 92.4 Å². The Bertz CT molecular complexity index is 193. The minimum Gasteiger partial charge on any atom is -0.480 e. The van der Waals surface area contributed by atoms with Gasteiger partial charge in [-0.15, -0.1) is 0 Å². The molecule has 0 aliphatic heterocycles. The van der Waals surface area contributed by atoms with E-state index in [2.05, 4.69) is 18.9 Å². The van der Waals surface area contributed by atoms with Gasteiger partial charge in [-0.2, -0.15) is 0 Å². The zero-order chi connectivity index (χ0) is 11.9. The van der Waals surface area contributed by atoms with Crippen LogP contribution in [0, 0.1) is 0 Å². The van der Waals surface area contributed by atoms with Crippen molar-refractivity contribution in [2.45, 2.75) is 45.1 Å². The lowest BCUT2D eigenvalue weighted by atomic mass is 9.96. The van der Waals surface area contributed by atoms with Crippen molar-refractivity contribution in [3.05, 3.63) is 0 Å². The average Bonchev–Trinajstić information content (AvgIpc) is 2.13. The highest BCUT2D eigenvalue weighted by Crippen LogP contribution is 2.11. The normalized spacial score (nSPS) is 15.3. The Kier molecular flexibility index (Phi) is 6.52. The van der Waals surface area contributed by atoms with E-state index in [0.717, 1.165) is 32.4 Å². The largest absolute Gasteiger partial charge is 0.480 e. The second-order valence-corrected chi connectivity index (χ2v) is 4.48. The van der Waals surface area contributed by atoms with Gasteiger partial charge >= 0.3 is 5.97 Å². The minimum absolute atomic E-state index is 0.544. The van der Waals surface area contributed by atoms with E-state index in [9.17, 15) is 4.79 Å². The third-order valence-corrected chi connectivity index (χ3v) is 2.58. The van der Waals surface area contributed by atoms with E-state index in [1.807, 2.05) is 0 Å². The first-order chi connectivity index (χ1) is 6.90. The number of hydrogen-bond acceptors (Lipinski definition) is 3. The summed E-state index contributed by atoms with van der Waals surface area (Å²) in [4.78, 5) is 13.0. The van der Waals surface area contributed by atoms with Crippen molar-refractivity contribution in [2.24, 2.45) is 5.73 Å². The number of nitrogens with two attached hydrogens (primary N) is 1. The van der Waals surface area contributed by atoms with Crippen LogP contribution >= 0.6 is 0 Å². The summed E-state index contributed by atoms with van der Waals surface area (Å²) in [5.41, 5.74) is 4.56. The summed E-state index contributed by atoms with van der Waals surface area (Å²) in [6, 6.07) is 0. The number of nitrogens with zero attached hydrogens (tertiary/aromatic N) is 1. The van der Waals surface area contributed by atoms with Gasteiger partial charge in [0.05, 0.1) is 0 Å². The van der Waals surface area contributed by atoms with Gasteiger partial charge in [-0.3, -0.25) is 4.79 Å². The second kappa shape index (κ2) is 6.80. The van der Waals surface area contributed by atoms with Crippen LogP contribution in [0.1, 0.15) is 39.5 Å². The smallest absolute Gasteiger partial charge is 0.323 e. The maximum absolute atomic E-state index is 10.7. The van der Waals surface area contributed by atoms with Crippen LogP contribution in [0.3, 0.4) is 0 Å². The van der Waals surface area contributed by atoms with Crippen LogP contribution in [-0.2, 0) is 4.79 Å². The van der Waals surface area contributed by atoms with Crippen LogP contribution in [0.25, 0.3) is 0 Å². The fourth-order valence-corrected chi connectivity index (χ4v) is 1.47. The first-order valence-electron chi connectivity index (χ1n) is 5.61. The lowest BCUT2D eigenvalue weighted by Gasteiger charge is -2.20. The highest BCUT2D eigenvalue weighted by molar-refractivity contribution is 5.77. The van der Waals surface area contributed by atoms with Crippen LogP contribution in [0.2, 0.25) is 0 Å². The van der Waals surface area contributed by atoms with Crippen LogP contribution in [0.4, 0.5) is 0 Å². The Morgan fingerprint density at radius 1 is 1.40 bits per heavy atom. The van der Waals surface area contributed by atoms with Gasteiger partial charge in [0.15, 0.2) is 0 Å². The summed E-state index contributed by atoms with van der Waals surface area (Å²) >= 11 is 0. The lowest BCUT2D eigenvalue weighted by Crippen LogP contribution is -2.44. The number of hydrogen-bond donors (Lipinski definition) is 2. The summed E-state index contributed by atoms with van der Waals surface area (Å²) in [6.07, 6.45) is 3.58. The zero-order valence-electron chi connectivity index (χ0n) is 10.1. The summed E-state index contributed by atoms with van der Waals surface area (Å²) < 4.78 is 0. The number of aliphatic carboxylic acids is 1. The number of unbranched alkanes of at least 4 members (excludes halogenated alkanes) is 1. The molecule has 0 bridgehead atoms. The molecule has 0 aliphatic carbocycles. The van der Waals surface area contributed by atoms with Crippen LogP contribution in [0.5, 0.6) is 0 Å². The predicted octanol–water partition coefficient (Wildman–Crippen LogP) is 1.30. The molecule has 0 aromatic rings. The molecule has 3 N–H and O–H groups in total. The zero-order valence-corrected chi connectivity index (χ0v) is 10.1. The van der Waals surface area contributed by atoms with Crippen molar-refractivity contribution < 1.29 is 9.90 Å². The van der Waals surface area contributed by atoms with Crippen molar-refractivity contribution in [2.75, 3.05) is 20.1 Å². The molecular formula is C11H24N2O2. The van der Waals surface area contributed by atoms with Gasteiger partial charge in [0.1, 0.15) is 5.54 Å². The molecular weight excluding hydrogens is 192 g/mol. The van der Waals surface area contributed by atoms with E-state index in [0.29, 0.717) is 6.42 Å². The number of carboxylic acid groups (broad SMARTS) is 1. The Hall–Kier alpha value is -0.610. The second-order valence-electron chi connectivity index (χ2n) is 4.48. The quantitative estimate of drug-likeness (QED) is 0.600. The maximum Gasteiger partial charge on any atom is 0.323 e. The number of carboxylic acids is 1. The minimum atomic E-state index is -1.07. The highest BCUT2D eigenvalue weighted by Gasteiger charge is 2.26. The fourth-order valence-electron chi connectivity index (χ4n) is 1.47. The van der Waals surface area contributed by atoms with E-state index >= 15 is 0 Å². The first-order valence-corrected chi connectivity index (χ1v) is 5.61. The molecule has 4 heteroatoms. The first kappa shape index (κ1) is 14.4. The van der Waals surface area contributed by atoms with Gasteiger partial charge in [0.2, 0.25) is 0 Å². The fraction of sp³-hybridized carbons (Fsp3) is 0.909. The third kappa shape index (κ3) is 6.47.